The Balaban J connectivity index is 1.45. The van der Waals surface area contributed by atoms with E-state index in [0.29, 0.717) is 29.1 Å². The number of ether oxygens (including phenoxy) is 2. The average Bonchev–Trinajstić information content (AvgIpc) is 3.09. The number of fused-ring (bicyclic) bond motifs is 5. The van der Waals surface area contributed by atoms with Gasteiger partial charge in [0.25, 0.3) is 0 Å². The fraction of sp³-hybridized carbons (Fsp3) is 0.926. The molecule has 0 spiro atoms. The van der Waals surface area contributed by atoms with E-state index in [1.165, 1.54) is 52.1 Å². The Morgan fingerprint density at radius 2 is 1.68 bits per heavy atom. The number of methoxy groups -OCH3 is 1. The summed E-state index contributed by atoms with van der Waals surface area (Å²) in [5, 5.41) is 0. The van der Waals surface area contributed by atoms with E-state index < -0.39 is 0 Å². The minimum absolute atomic E-state index is 0.0640. The second kappa shape index (κ2) is 8.71. The van der Waals surface area contributed by atoms with Crippen LogP contribution in [-0.4, -0.2) is 25.2 Å². The molecule has 0 aromatic carbocycles. The molecule has 0 radical (unpaired) electrons. The van der Waals surface area contributed by atoms with Gasteiger partial charge in [-0.3, -0.25) is 9.59 Å². The van der Waals surface area contributed by atoms with Crippen molar-refractivity contribution >= 4 is 11.9 Å². The molecule has 0 aromatic heterocycles. The van der Waals surface area contributed by atoms with Crippen LogP contribution >= 0.6 is 0 Å². The molecule has 0 amide bonds. The first-order valence-electron chi connectivity index (χ1n) is 12.9. The number of carbonyl (C=O) groups is 2. The Labute approximate surface area is 189 Å². The molecule has 0 heterocycles. The lowest BCUT2D eigenvalue weighted by Gasteiger charge is -2.61. The first-order valence-corrected chi connectivity index (χ1v) is 12.9. The summed E-state index contributed by atoms with van der Waals surface area (Å²) in [6.45, 7) is 9.09. The van der Waals surface area contributed by atoms with Gasteiger partial charge in [0.05, 0.1) is 7.11 Å². The number of hydrogen-bond acceptors (Lipinski definition) is 4. The Kier molecular flexibility index (Phi) is 6.49. The van der Waals surface area contributed by atoms with Crippen molar-refractivity contribution in [1.82, 2.24) is 0 Å². The minimum Gasteiger partial charge on any atom is -0.469 e. The molecule has 4 nitrogen and oxygen atoms in total. The second-order valence-electron chi connectivity index (χ2n) is 12.0. The molecule has 4 aliphatic carbocycles. The van der Waals surface area contributed by atoms with Gasteiger partial charge in [-0.2, -0.15) is 0 Å². The molecular formula is C27H44O4. The van der Waals surface area contributed by atoms with Gasteiger partial charge in [-0.1, -0.05) is 20.8 Å². The van der Waals surface area contributed by atoms with E-state index in [1.807, 2.05) is 0 Å². The zero-order valence-corrected chi connectivity index (χ0v) is 20.5. The Bertz CT molecular complexity index is 689. The van der Waals surface area contributed by atoms with Crippen LogP contribution in [0.1, 0.15) is 98.3 Å². The van der Waals surface area contributed by atoms with E-state index in [-0.39, 0.29) is 18.0 Å². The second-order valence-corrected chi connectivity index (χ2v) is 12.0. The first kappa shape index (κ1) is 23.1. The molecule has 0 N–H and O–H groups in total. The lowest BCUT2D eigenvalue weighted by atomic mass is 9.44. The summed E-state index contributed by atoms with van der Waals surface area (Å²) in [5.74, 6) is 4.42. The fourth-order valence-electron chi connectivity index (χ4n) is 9.18. The molecule has 4 saturated carbocycles. The van der Waals surface area contributed by atoms with Crippen LogP contribution in [0.5, 0.6) is 0 Å². The van der Waals surface area contributed by atoms with Crippen LogP contribution in [0.4, 0.5) is 0 Å². The van der Waals surface area contributed by atoms with Gasteiger partial charge in [0.1, 0.15) is 6.10 Å². The van der Waals surface area contributed by atoms with E-state index in [2.05, 4.69) is 20.8 Å². The molecule has 0 saturated heterocycles. The van der Waals surface area contributed by atoms with Gasteiger partial charge in [-0.25, -0.2) is 0 Å². The van der Waals surface area contributed by atoms with E-state index in [1.54, 1.807) is 6.92 Å². The van der Waals surface area contributed by atoms with Crippen LogP contribution in [0.2, 0.25) is 0 Å². The lowest BCUT2D eigenvalue weighted by molar-refractivity contribution is -0.160. The van der Waals surface area contributed by atoms with Gasteiger partial charge in [0.2, 0.25) is 0 Å². The van der Waals surface area contributed by atoms with Gasteiger partial charge in [0.15, 0.2) is 0 Å². The van der Waals surface area contributed by atoms with Gasteiger partial charge in [0, 0.05) is 13.3 Å². The standard InChI is InChI=1S/C27H44O4/c1-17(6-11-25(29)30-5)22-9-10-23-21-8-7-19-16-20(31-18(2)28)12-14-26(19,3)24(21)13-15-27(22,23)4/h17,19-24H,6-16H2,1-5H3/t17-,19+,20+,21-,22-,23+,24-,26-,27-/m0/s1. The van der Waals surface area contributed by atoms with Crippen LogP contribution in [0.25, 0.3) is 0 Å². The van der Waals surface area contributed by atoms with Gasteiger partial charge < -0.3 is 9.47 Å². The fourth-order valence-corrected chi connectivity index (χ4v) is 9.18. The summed E-state index contributed by atoms with van der Waals surface area (Å²) in [6.07, 6.45) is 13.1. The Morgan fingerprint density at radius 3 is 2.39 bits per heavy atom. The topological polar surface area (TPSA) is 52.6 Å². The molecule has 4 heteroatoms. The highest BCUT2D eigenvalue weighted by Gasteiger charge is 2.60. The van der Waals surface area contributed by atoms with Crippen LogP contribution in [-0.2, 0) is 19.1 Å². The van der Waals surface area contributed by atoms with Crippen molar-refractivity contribution in [3.63, 3.8) is 0 Å². The first-order chi connectivity index (χ1) is 14.7. The molecule has 0 aliphatic heterocycles. The number of carbonyl (C=O) groups excluding carboxylic acids is 2. The zero-order chi connectivity index (χ0) is 22.4. The molecule has 4 rings (SSSR count). The summed E-state index contributed by atoms with van der Waals surface area (Å²) in [5.41, 5.74) is 0.865. The largest absolute Gasteiger partial charge is 0.469 e. The van der Waals surface area contributed by atoms with Crippen molar-refractivity contribution in [1.29, 1.82) is 0 Å². The molecule has 4 aliphatic rings. The van der Waals surface area contributed by atoms with Crippen molar-refractivity contribution < 1.29 is 19.1 Å². The summed E-state index contributed by atoms with van der Waals surface area (Å²) in [7, 11) is 1.50. The van der Waals surface area contributed by atoms with Crippen LogP contribution < -0.4 is 0 Å². The SMILES string of the molecule is COC(=O)CC[C@H](C)[C@@H]1CC[C@@H]2[C@@H]3CC[C@@H]4C[C@H](OC(C)=O)CC[C@]4(C)[C@H]3CC[C@]21C. The van der Waals surface area contributed by atoms with Crippen molar-refractivity contribution in [2.75, 3.05) is 7.11 Å². The van der Waals surface area contributed by atoms with Crippen molar-refractivity contribution in [2.45, 2.75) is 104 Å². The quantitative estimate of drug-likeness (QED) is 0.488. The highest BCUT2D eigenvalue weighted by atomic mass is 16.5. The molecule has 4 fully saturated rings. The molecule has 0 aromatic rings. The maximum atomic E-state index is 11.7. The van der Waals surface area contributed by atoms with E-state index >= 15 is 0 Å². The minimum atomic E-state index is -0.117. The predicted molar refractivity (Wildman–Crippen MR) is 121 cm³/mol. The molecule has 0 unspecified atom stereocenters. The van der Waals surface area contributed by atoms with Gasteiger partial charge in [-0.15, -0.1) is 0 Å². The number of rotatable bonds is 5. The highest BCUT2D eigenvalue weighted by molar-refractivity contribution is 5.69. The van der Waals surface area contributed by atoms with Gasteiger partial charge >= 0.3 is 11.9 Å². The van der Waals surface area contributed by atoms with Crippen molar-refractivity contribution in [3.05, 3.63) is 0 Å². The normalized spacial score (nSPS) is 45.1. The van der Waals surface area contributed by atoms with Gasteiger partial charge in [-0.05, 0) is 111 Å². The van der Waals surface area contributed by atoms with Crippen LogP contribution in [0, 0.1) is 46.3 Å². The summed E-state index contributed by atoms with van der Waals surface area (Å²) in [6, 6.07) is 0. The highest BCUT2D eigenvalue weighted by Crippen LogP contribution is 2.68. The monoisotopic (exact) mass is 432 g/mol. The number of esters is 2. The third kappa shape index (κ3) is 4.06. The third-order valence-electron chi connectivity index (χ3n) is 10.7. The third-order valence-corrected chi connectivity index (χ3v) is 10.7. The van der Waals surface area contributed by atoms with Crippen LogP contribution in [0.3, 0.4) is 0 Å². The molecule has 31 heavy (non-hydrogen) atoms. The molecular weight excluding hydrogens is 388 g/mol. The Morgan fingerprint density at radius 1 is 0.968 bits per heavy atom. The lowest BCUT2D eigenvalue weighted by Crippen LogP contribution is -2.54. The summed E-state index contributed by atoms with van der Waals surface area (Å²) in [4.78, 5) is 23.2. The summed E-state index contributed by atoms with van der Waals surface area (Å²) >= 11 is 0. The maximum absolute atomic E-state index is 11.7. The van der Waals surface area contributed by atoms with E-state index in [0.717, 1.165) is 42.9 Å². The molecule has 176 valence electrons. The Hall–Kier alpha value is -1.06. The van der Waals surface area contributed by atoms with Crippen molar-refractivity contribution in [2.24, 2.45) is 46.3 Å². The van der Waals surface area contributed by atoms with E-state index in [9.17, 15) is 9.59 Å². The zero-order valence-electron chi connectivity index (χ0n) is 20.5. The van der Waals surface area contributed by atoms with E-state index in [4.69, 9.17) is 9.47 Å². The maximum Gasteiger partial charge on any atom is 0.305 e. The van der Waals surface area contributed by atoms with Crippen LogP contribution in [0.15, 0.2) is 0 Å². The predicted octanol–water partition coefficient (Wildman–Crippen LogP) is 6.17. The number of hydrogen-bond donors (Lipinski definition) is 0. The molecule has 0 bridgehead atoms. The summed E-state index contributed by atoms with van der Waals surface area (Å²) < 4.78 is 10.5. The molecule has 9 atom stereocenters. The average molecular weight is 433 g/mol. The smallest absolute Gasteiger partial charge is 0.305 e. The van der Waals surface area contributed by atoms with Crippen molar-refractivity contribution in [3.8, 4) is 0 Å².